The van der Waals surface area contributed by atoms with Gasteiger partial charge in [-0.05, 0) is 37.3 Å². The van der Waals surface area contributed by atoms with Crippen LogP contribution in [0.4, 0.5) is 0 Å². The molecule has 0 aliphatic heterocycles. The van der Waals surface area contributed by atoms with Crippen molar-refractivity contribution in [1.82, 2.24) is 0 Å². The second-order valence-electron chi connectivity index (χ2n) is 4.73. The highest BCUT2D eigenvalue weighted by atomic mass is 31.2. The van der Waals surface area contributed by atoms with Crippen molar-refractivity contribution in [2.45, 2.75) is 12.3 Å². The molecule has 1 saturated carbocycles. The van der Waals surface area contributed by atoms with E-state index in [-0.39, 0.29) is 11.8 Å². The Hall–Kier alpha value is -1.08. The molecular formula is C12H15O3P. The fraction of sp³-hybridized carbons (Fsp3) is 0.417. The summed E-state index contributed by atoms with van der Waals surface area (Å²) in [4.78, 5) is 10.8. The Labute approximate surface area is 94.9 Å². The Balaban J connectivity index is 2.25. The van der Waals surface area contributed by atoms with Gasteiger partial charge in [-0.25, -0.2) is 0 Å². The highest BCUT2D eigenvalue weighted by Crippen LogP contribution is 2.48. The SMILES string of the molecule is CP(C)(=O)c1cccc(C2CC2C(=O)O)c1. The zero-order chi connectivity index (χ0) is 11.9. The Kier molecular flexibility index (Phi) is 2.67. The fourth-order valence-corrected chi connectivity index (χ4v) is 2.83. The van der Waals surface area contributed by atoms with Crippen molar-refractivity contribution in [2.24, 2.45) is 5.92 Å². The Morgan fingerprint density at radius 3 is 2.62 bits per heavy atom. The maximum absolute atomic E-state index is 11.9. The summed E-state index contributed by atoms with van der Waals surface area (Å²) in [6.45, 7) is 3.46. The van der Waals surface area contributed by atoms with Gasteiger partial charge in [0.2, 0.25) is 0 Å². The average Bonchev–Trinajstić information content (AvgIpc) is 2.96. The van der Waals surface area contributed by atoms with Crippen molar-refractivity contribution >= 4 is 18.4 Å². The predicted molar refractivity (Wildman–Crippen MR) is 64.0 cm³/mol. The lowest BCUT2D eigenvalue weighted by atomic mass is 10.1. The Morgan fingerprint density at radius 1 is 1.44 bits per heavy atom. The summed E-state index contributed by atoms with van der Waals surface area (Å²) in [5, 5.41) is 9.69. The van der Waals surface area contributed by atoms with Crippen molar-refractivity contribution in [3.63, 3.8) is 0 Å². The lowest BCUT2D eigenvalue weighted by Gasteiger charge is -2.08. The highest BCUT2D eigenvalue weighted by Gasteiger charge is 2.44. The van der Waals surface area contributed by atoms with E-state index in [0.717, 1.165) is 10.9 Å². The number of benzene rings is 1. The van der Waals surface area contributed by atoms with Crippen molar-refractivity contribution < 1.29 is 14.5 Å². The van der Waals surface area contributed by atoms with E-state index in [1.54, 1.807) is 13.3 Å². The molecule has 1 aliphatic carbocycles. The summed E-state index contributed by atoms with van der Waals surface area (Å²) in [6, 6.07) is 7.53. The lowest BCUT2D eigenvalue weighted by molar-refractivity contribution is -0.138. The molecule has 4 heteroatoms. The number of rotatable bonds is 3. The molecule has 0 aromatic heterocycles. The molecule has 1 aromatic carbocycles. The van der Waals surface area contributed by atoms with E-state index in [9.17, 15) is 9.36 Å². The molecule has 1 N–H and O–H groups in total. The quantitative estimate of drug-likeness (QED) is 0.820. The molecule has 3 nitrogen and oxygen atoms in total. The van der Waals surface area contributed by atoms with Crippen LogP contribution in [0.3, 0.4) is 0 Å². The molecule has 0 spiro atoms. The first-order valence-corrected chi connectivity index (χ1v) is 7.88. The van der Waals surface area contributed by atoms with Gasteiger partial charge in [0.15, 0.2) is 0 Å². The first kappa shape index (κ1) is 11.4. The topological polar surface area (TPSA) is 54.4 Å². The van der Waals surface area contributed by atoms with E-state index in [1.807, 2.05) is 24.3 Å². The molecule has 1 aromatic rings. The van der Waals surface area contributed by atoms with Crippen LogP contribution < -0.4 is 5.30 Å². The van der Waals surface area contributed by atoms with E-state index in [1.165, 1.54) is 0 Å². The molecule has 0 saturated heterocycles. The van der Waals surface area contributed by atoms with Gasteiger partial charge in [0.25, 0.3) is 0 Å². The molecular weight excluding hydrogens is 223 g/mol. The van der Waals surface area contributed by atoms with Crippen LogP contribution in [0.5, 0.6) is 0 Å². The smallest absolute Gasteiger partial charge is 0.307 e. The molecule has 2 unspecified atom stereocenters. The number of hydrogen-bond donors (Lipinski definition) is 1. The number of hydrogen-bond acceptors (Lipinski definition) is 2. The third-order valence-corrected chi connectivity index (χ3v) is 4.55. The van der Waals surface area contributed by atoms with Crippen LogP contribution in [0, 0.1) is 5.92 Å². The summed E-state index contributed by atoms with van der Waals surface area (Å²) in [7, 11) is -2.25. The largest absolute Gasteiger partial charge is 0.481 e. The number of carboxylic acid groups (broad SMARTS) is 1. The Morgan fingerprint density at radius 2 is 2.12 bits per heavy atom. The molecule has 1 fully saturated rings. The second-order valence-corrected chi connectivity index (χ2v) is 7.95. The van der Waals surface area contributed by atoms with Crippen LogP contribution in [-0.4, -0.2) is 24.4 Å². The minimum Gasteiger partial charge on any atom is -0.481 e. The first-order chi connectivity index (χ1) is 7.39. The monoisotopic (exact) mass is 238 g/mol. The van der Waals surface area contributed by atoms with Crippen LogP contribution in [0.15, 0.2) is 24.3 Å². The average molecular weight is 238 g/mol. The van der Waals surface area contributed by atoms with Gasteiger partial charge in [-0.1, -0.05) is 18.2 Å². The number of aliphatic carboxylic acids is 1. The molecule has 0 bridgehead atoms. The highest BCUT2D eigenvalue weighted by molar-refractivity contribution is 7.70. The lowest BCUT2D eigenvalue weighted by Crippen LogP contribution is -2.05. The third-order valence-electron chi connectivity index (χ3n) is 3.03. The maximum Gasteiger partial charge on any atom is 0.307 e. The van der Waals surface area contributed by atoms with Crippen molar-refractivity contribution in [3.05, 3.63) is 29.8 Å². The summed E-state index contributed by atoms with van der Waals surface area (Å²) in [6.07, 6.45) is 0.705. The summed E-state index contributed by atoms with van der Waals surface area (Å²) >= 11 is 0. The third kappa shape index (κ3) is 2.19. The van der Waals surface area contributed by atoms with Crippen LogP contribution >= 0.6 is 7.14 Å². The fourth-order valence-electron chi connectivity index (χ4n) is 1.93. The number of carbonyl (C=O) groups is 1. The zero-order valence-electron chi connectivity index (χ0n) is 9.38. The molecule has 86 valence electrons. The van der Waals surface area contributed by atoms with Crippen LogP contribution in [0.1, 0.15) is 17.9 Å². The molecule has 2 atom stereocenters. The second kappa shape index (κ2) is 3.74. The van der Waals surface area contributed by atoms with Crippen molar-refractivity contribution in [1.29, 1.82) is 0 Å². The molecule has 0 amide bonds. The summed E-state index contributed by atoms with van der Waals surface area (Å²) in [5.74, 6) is -0.862. The summed E-state index contributed by atoms with van der Waals surface area (Å²) < 4.78 is 11.9. The van der Waals surface area contributed by atoms with Gasteiger partial charge >= 0.3 is 5.97 Å². The zero-order valence-corrected chi connectivity index (χ0v) is 10.3. The van der Waals surface area contributed by atoms with E-state index < -0.39 is 13.1 Å². The predicted octanol–water partition coefficient (Wildman–Crippen LogP) is 2.12. The van der Waals surface area contributed by atoms with Gasteiger partial charge in [-0.15, -0.1) is 0 Å². The van der Waals surface area contributed by atoms with Gasteiger partial charge in [-0.3, -0.25) is 4.79 Å². The van der Waals surface area contributed by atoms with Gasteiger partial charge in [0.1, 0.15) is 7.14 Å². The first-order valence-electron chi connectivity index (χ1n) is 5.28. The molecule has 2 rings (SSSR count). The van der Waals surface area contributed by atoms with Gasteiger partial charge in [0.05, 0.1) is 5.92 Å². The summed E-state index contributed by atoms with van der Waals surface area (Å²) in [5.41, 5.74) is 1.01. The van der Waals surface area contributed by atoms with E-state index in [0.29, 0.717) is 6.42 Å². The Bertz CT molecular complexity index is 475. The minimum atomic E-state index is -2.25. The normalized spacial score (nSPS) is 24.1. The van der Waals surface area contributed by atoms with E-state index in [2.05, 4.69) is 0 Å². The number of carboxylic acids is 1. The molecule has 1 aliphatic rings. The molecule has 0 heterocycles. The van der Waals surface area contributed by atoms with Gasteiger partial charge in [-0.2, -0.15) is 0 Å². The minimum absolute atomic E-state index is 0.115. The van der Waals surface area contributed by atoms with Crippen molar-refractivity contribution in [2.75, 3.05) is 13.3 Å². The van der Waals surface area contributed by atoms with Gasteiger partial charge in [0, 0.05) is 5.30 Å². The van der Waals surface area contributed by atoms with Crippen LogP contribution in [-0.2, 0) is 9.36 Å². The standard InChI is InChI=1S/C12H15O3P/c1-16(2,15)9-5-3-4-8(6-9)10-7-11(10)12(13)14/h3-6,10-11H,7H2,1-2H3,(H,13,14). The van der Waals surface area contributed by atoms with Crippen LogP contribution in [0.2, 0.25) is 0 Å². The van der Waals surface area contributed by atoms with Gasteiger partial charge < -0.3 is 9.67 Å². The maximum atomic E-state index is 11.9. The van der Waals surface area contributed by atoms with E-state index >= 15 is 0 Å². The van der Waals surface area contributed by atoms with Crippen LogP contribution in [0.25, 0.3) is 0 Å². The van der Waals surface area contributed by atoms with Crippen molar-refractivity contribution in [3.8, 4) is 0 Å². The molecule has 16 heavy (non-hydrogen) atoms. The van der Waals surface area contributed by atoms with E-state index in [4.69, 9.17) is 5.11 Å². The molecule has 0 radical (unpaired) electrons.